The highest BCUT2D eigenvalue weighted by atomic mass is 15.1. The zero-order valence-electron chi connectivity index (χ0n) is 14.0. The van der Waals surface area contributed by atoms with Crippen LogP contribution in [0.3, 0.4) is 0 Å². The molecule has 22 heavy (non-hydrogen) atoms. The van der Waals surface area contributed by atoms with Gasteiger partial charge in [0.15, 0.2) is 0 Å². The second-order valence-corrected chi connectivity index (χ2v) is 5.43. The minimum atomic E-state index is 0.661. The first kappa shape index (κ1) is 16.3. The molecule has 0 saturated heterocycles. The third-order valence-electron chi connectivity index (χ3n) is 3.65. The number of benzene rings is 1. The second kappa shape index (κ2) is 7.78. The molecular formula is C18H26N4. The standard InChI is InChI=1S/C18H26N4/c1-5-11-19-16-12-13(4)20-18(21-16)22-17-14(6-2)9-8-10-15(17)7-3/h8-10,12H,5-7,11H2,1-4H3,(H2,19,20,21,22). The van der Waals surface area contributed by atoms with E-state index in [4.69, 9.17) is 0 Å². The number of nitrogens with zero attached hydrogens (tertiary/aromatic N) is 2. The van der Waals surface area contributed by atoms with Crippen LogP contribution in [0.5, 0.6) is 0 Å². The largest absolute Gasteiger partial charge is 0.370 e. The molecule has 0 radical (unpaired) electrons. The van der Waals surface area contributed by atoms with Crippen LogP contribution in [0.2, 0.25) is 0 Å². The van der Waals surface area contributed by atoms with Gasteiger partial charge in [-0.3, -0.25) is 0 Å². The van der Waals surface area contributed by atoms with Gasteiger partial charge >= 0.3 is 0 Å². The van der Waals surface area contributed by atoms with E-state index in [1.165, 1.54) is 11.1 Å². The second-order valence-electron chi connectivity index (χ2n) is 5.43. The fourth-order valence-corrected chi connectivity index (χ4v) is 2.48. The maximum absolute atomic E-state index is 4.58. The van der Waals surface area contributed by atoms with Crippen molar-refractivity contribution in [3.63, 3.8) is 0 Å². The zero-order valence-corrected chi connectivity index (χ0v) is 14.0. The van der Waals surface area contributed by atoms with Crippen molar-refractivity contribution in [2.75, 3.05) is 17.2 Å². The van der Waals surface area contributed by atoms with Crippen molar-refractivity contribution in [2.24, 2.45) is 0 Å². The predicted molar refractivity (Wildman–Crippen MR) is 94.0 cm³/mol. The smallest absolute Gasteiger partial charge is 0.229 e. The highest BCUT2D eigenvalue weighted by Crippen LogP contribution is 2.25. The summed E-state index contributed by atoms with van der Waals surface area (Å²) in [7, 11) is 0. The number of nitrogens with one attached hydrogen (secondary N) is 2. The number of hydrogen-bond acceptors (Lipinski definition) is 4. The molecule has 2 N–H and O–H groups in total. The summed E-state index contributed by atoms with van der Waals surface area (Å²) in [6, 6.07) is 8.42. The van der Waals surface area contributed by atoms with E-state index in [9.17, 15) is 0 Å². The van der Waals surface area contributed by atoms with Crippen molar-refractivity contribution < 1.29 is 0 Å². The van der Waals surface area contributed by atoms with Crippen molar-refractivity contribution in [3.8, 4) is 0 Å². The first-order valence-electron chi connectivity index (χ1n) is 8.15. The molecule has 1 heterocycles. The molecule has 0 aliphatic rings. The Kier molecular flexibility index (Phi) is 5.75. The van der Waals surface area contributed by atoms with E-state index in [2.05, 4.69) is 59.6 Å². The summed E-state index contributed by atoms with van der Waals surface area (Å²) in [5.74, 6) is 1.54. The summed E-state index contributed by atoms with van der Waals surface area (Å²) in [5, 5.41) is 6.77. The molecule has 1 aromatic carbocycles. The molecule has 1 aromatic heterocycles. The van der Waals surface area contributed by atoms with E-state index in [1.54, 1.807) is 0 Å². The van der Waals surface area contributed by atoms with E-state index < -0.39 is 0 Å². The Morgan fingerprint density at radius 1 is 1.00 bits per heavy atom. The molecule has 0 aliphatic heterocycles. The Balaban J connectivity index is 2.32. The molecule has 0 amide bonds. The first-order chi connectivity index (χ1) is 10.7. The van der Waals surface area contributed by atoms with Crippen LogP contribution in [-0.4, -0.2) is 16.5 Å². The van der Waals surface area contributed by atoms with Gasteiger partial charge in [0.1, 0.15) is 5.82 Å². The molecule has 118 valence electrons. The minimum absolute atomic E-state index is 0.661. The van der Waals surface area contributed by atoms with Crippen LogP contribution in [0.4, 0.5) is 17.5 Å². The van der Waals surface area contributed by atoms with E-state index in [0.29, 0.717) is 5.95 Å². The van der Waals surface area contributed by atoms with Gasteiger partial charge in [-0.05, 0) is 37.3 Å². The SMILES string of the molecule is CCCNc1cc(C)nc(Nc2c(CC)cccc2CC)n1. The van der Waals surface area contributed by atoms with Crippen molar-refractivity contribution in [3.05, 3.63) is 41.1 Å². The average molecular weight is 298 g/mol. The zero-order chi connectivity index (χ0) is 15.9. The maximum atomic E-state index is 4.58. The van der Waals surface area contributed by atoms with Crippen LogP contribution < -0.4 is 10.6 Å². The summed E-state index contributed by atoms with van der Waals surface area (Å²) in [4.78, 5) is 9.11. The Morgan fingerprint density at radius 3 is 2.27 bits per heavy atom. The molecule has 4 nitrogen and oxygen atoms in total. The number of aromatic nitrogens is 2. The van der Waals surface area contributed by atoms with E-state index in [1.807, 2.05) is 13.0 Å². The number of anilines is 3. The molecule has 2 rings (SSSR count). The van der Waals surface area contributed by atoms with Crippen LogP contribution in [0.15, 0.2) is 24.3 Å². The quantitative estimate of drug-likeness (QED) is 0.791. The van der Waals surface area contributed by atoms with Gasteiger partial charge in [-0.2, -0.15) is 4.98 Å². The van der Waals surface area contributed by atoms with Gasteiger partial charge in [0, 0.05) is 24.0 Å². The van der Waals surface area contributed by atoms with Gasteiger partial charge in [0.05, 0.1) is 0 Å². The molecule has 0 fully saturated rings. The van der Waals surface area contributed by atoms with Crippen LogP contribution >= 0.6 is 0 Å². The monoisotopic (exact) mass is 298 g/mol. The minimum Gasteiger partial charge on any atom is -0.370 e. The van der Waals surface area contributed by atoms with Crippen molar-refractivity contribution in [1.29, 1.82) is 0 Å². The summed E-state index contributed by atoms with van der Waals surface area (Å²) in [6.07, 6.45) is 3.05. The lowest BCUT2D eigenvalue weighted by molar-refractivity contribution is 0.961. The van der Waals surface area contributed by atoms with Crippen LogP contribution in [0.1, 0.15) is 44.0 Å². The Labute approximate surface area is 133 Å². The number of rotatable bonds is 7. The lowest BCUT2D eigenvalue weighted by atomic mass is 10.0. The highest BCUT2D eigenvalue weighted by Gasteiger charge is 2.09. The van der Waals surface area contributed by atoms with Gasteiger partial charge in [0.25, 0.3) is 0 Å². The Hall–Kier alpha value is -2.10. The fourth-order valence-electron chi connectivity index (χ4n) is 2.48. The van der Waals surface area contributed by atoms with E-state index >= 15 is 0 Å². The molecule has 0 unspecified atom stereocenters. The number of hydrogen-bond donors (Lipinski definition) is 2. The van der Waals surface area contributed by atoms with Gasteiger partial charge in [0.2, 0.25) is 5.95 Å². The van der Waals surface area contributed by atoms with Crippen molar-refractivity contribution in [2.45, 2.75) is 47.0 Å². The third kappa shape index (κ3) is 3.97. The maximum Gasteiger partial charge on any atom is 0.229 e. The lowest BCUT2D eigenvalue weighted by Crippen LogP contribution is -2.08. The Morgan fingerprint density at radius 2 is 1.68 bits per heavy atom. The van der Waals surface area contributed by atoms with Crippen LogP contribution in [0.25, 0.3) is 0 Å². The van der Waals surface area contributed by atoms with Gasteiger partial charge in [-0.25, -0.2) is 4.98 Å². The molecule has 0 aliphatic carbocycles. The molecule has 0 atom stereocenters. The lowest BCUT2D eigenvalue weighted by Gasteiger charge is -2.15. The molecule has 2 aromatic rings. The normalized spacial score (nSPS) is 10.5. The van der Waals surface area contributed by atoms with Gasteiger partial charge in [-0.15, -0.1) is 0 Å². The molecule has 0 bridgehead atoms. The molecule has 0 saturated carbocycles. The summed E-state index contributed by atoms with van der Waals surface area (Å²) < 4.78 is 0. The topological polar surface area (TPSA) is 49.8 Å². The van der Waals surface area contributed by atoms with Gasteiger partial charge < -0.3 is 10.6 Å². The number of para-hydroxylation sites is 1. The molecular weight excluding hydrogens is 272 g/mol. The fraction of sp³-hybridized carbons (Fsp3) is 0.444. The van der Waals surface area contributed by atoms with Crippen molar-refractivity contribution >= 4 is 17.5 Å². The van der Waals surface area contributed by atoms with Crippen LogP contribution in [-0.2, 0) is 12.8 Å². The van der Waals surface area contributed by atoms with E-state index in [0.717, 1.165) is 43.0 Å². The summed E-state index contributed by atoms with van der Waals surface area (Å²) in [5.41, 5.74) is 4.71. The number of aryl methyl sites for hydroxylation is 3. The summed E-state index contributed by atoms with van der Waals surface area (Å²) >= 11 is 0. The molecule has 0 spiro atoms. The Bertz CT molecular complexity index is 600. The van der Waals surface area contributed by atoms with E-state index in [-0.39, 0.29) is 0 Å². The average Bonchev–Trinajstić information content (AvgIpc) is 2.52. The molecule has 4 heteroatoms. The first-order valence-corrected chi connectivity index (χ1v) is 8.15. The van der Waals surface area contributed by atoms with Crippen molar-refractivity contribution in [1.82, 2.24) is 9.97 Å². The predicted octanol–water partition coefficient (Wildman–Crippen LogP) is 4.48. The highest BCUT2D eigenvalue weighted by molar-refractivity contribution is 5.64. The van der Waals surface area contributed by atoms with Crippen LogP contribution in [0, 0.1) is 6.92 Å². The summed E-state index contributed by atoms with van der Waals surface area (Å²) in [6.45, 7) is 9.40. The van der Waals surface area contributed by atoms with Gasteiger partial charge in [-0.1, -0.05) is 39.0 Å². The third-order valence-corrected chi connectivity index (χ3v) is 3.65.